The Morgan fingerprint density at radius 1 is 1.40 bits per heavy atom. The number of nitrogens with two attached hydrogens (primary N) is 1. The van der Waals surface area contributed by atoms with Gasteiger partial charge in [0, 0.05) is 0 Å². The molecular weight excluding hydrogens is 205 g/mol. The highest BCUT2D eigenvalue weighted by Gasteiger charge is 2.38. The maximum absolute atomic E-state index is 12.3. The molecule has 1 atom stereocenters. The molecule has 15 heavy (non-hydrogen) atoms. The Kier molecular flexibility index (Phi) is 3.01. The van der Waals surface area contributed by atoms with Gasteiger partial charge in [-0.2, -0.15) is 18.4 Å². The van der Waals surface area contributed by atoms with Crippen molar-refractivity contribution in [1.29, 1.82) is 5.26 Å². The van der Waals surface area contributed by atoms with E-state index in [1.54, 1.807) is 6.07 Å². The van der Waals surface area contributed by atoms with Gasteiger partial charge in [0.1, 0.15) is 6.04 Å². The van der Waals surface area contributed by atoms with E-state index in [1.165, 1.54) is 25.1 Å². The van der Waals surface area contributed by atoms with E-state index < -0.39 is 12.2 Å². The van der Waals surface area contributed by atoms with Gasteiger partial charge in [0.15, 0.2) is 0 Å². The molecule has 1 aromatic rings. The minimum Gasteiger partial charge on any atom is -0.316 e. The Bertz CT molecular complexity index is 404. The summed E-state index contributed by atoms with van der Waals surface area (Å²) < 4.78 is 37.0. The van der Waals surface area contributed by atoms with Crippen LogP contribution in [0.5, 0.6) is 0 Å². The highest BCUT2D eigenvalue weighted by atomic mass is 19.4. The molecule has 0 saturated heterocycles. The standard InChI is InChI=1S/C10H9F3N2/c1-6-2-3-7(5-14)4-8(6)9(15)10(11,12)13/h2-4,9H,15H2,1H3/t9-/m0/s1. The summed E-state index contributed by atoms with van der Waals surface area (Å²) in [6.07, 6.45) is -4.49. The fraction of sp³-hybridized carbons (Fsp3) is 0.300. The largest absolute Gasteiger partial charge is 0.407 e. The predicted octanol–water partition coefficient (Wildman–Crippen LogP) is 2.43. The van der Waals surface area contributed by atoms with Crippen molar-refractivity contribution in [3.05, 3.63) is 34.9 Å². The summed E-state index contributed by atoms with van der Waals surface area (Å²) in [7, 11) is 0. The average molecular weight is 214 g/mol. The summed E-state index contributed by atoms with van der Waals surface area (Å²) >= 11 is 0. The number of alkyl halides is 3. The Balaban J connectivity index is 3.20. The van der Waals surface area contributed by atoms with Crippen molar-refractivity contribution in [1.82, 2.24) is 0 Å². The number of rotatable bonds is 1. The van der Waals surface area contributed by atoms with E-state index in [2.05, 4.69) is 0 Å². The second-order valence-corrected chi connectivity index (χ2v) is 3.20. The van der Waals surface area contributed by atoms with Crippen molar-refractivity contribution in [3.8, 4) is 6.07 Å². The SMILES string of the molecule is Cc1ccc(C#N)cc1[C@H](N)C(F)(F)F. The highest BCUT2D eigenvalue weighted by Crippen LogP contribution is 2.32. The molecule has 80 valence electrons. The van der Waals surface area contributed by atoms with Gasteiger partial charge in [0.25, 0.3) is 0 Å². The first kappa shape index (κ1) is 11.5. The topological polar surface area (TPSA) is 49.8 Å². The zero-order chi connectivity index (χ0) is 11.6. The number of nitriles is 1. The Morgan fingerprint density at radius 2 is 2.00 bits per heavy atom. The lowest BCUT2D eigenvalue weighted by Crippen LogP contribution is -2.29. The molecule has 0 unspecified atom stereocenters. The van der Waals surface area contributed by atoms with E-state index >= 15 is 0 Å². The van der Waals surface area contributed by atoms with Crippen molar-refractivity contribution in [2.24, 2.45) is 5.73 Å². The lowest BCUT2D eigenvalue weighted by Gasteiger charge is -2.18. The van der Waals surface area contributed by atoms with Gasteiger partial charge in [0.05, 0.1) is 11.6 Å². The Morgan fingerprint density at radius 3 is 2.47 bits per heavy atom. The first-order valence-corrected chi connectivity index (χ1v) is 4.19. The first-order chi connectivity index (χ1) is 6.86. The molecule has 0 aliphatic heterocycles. The first-order valence-electron chi connectivity index (χ1n) is 4.19. The third-order valence-corrected chi connectivity index (χ3v) is 2.10. The summed E-state index contributed by atoms with van der Waals surface area (Å²) in [5.74, 6) is 0. The number of halogens is 3. The number of nitrogens with zero attached hydrogens (tertiary/aromatic N) is 1. The smallest absolute Gasteiger partial charge is 0.316 e. The van der Waals surface area contributed by atoms with Crippen molar-refractivity contribution in [3.63, 3.8) is 0 Å². The molecule has 0 aliphatic carbocycles. The van der Waals surface area contributed by atoms with Gasteiger partial charge in [-0.15, -0.1) is 0 Å². The van der Waals surface area contributed by atoms with Crippen molar-refractivity contribution < 1.29 is 13.2 Å². The van der Waals surface area contributed by atoms with Crippen LogP contribution in [0.4, 0.5) is 13.2 Å². The van der Waals surface area contributed by atoms with Gasteiger partial charge < -0.3 is 5.73 Å². The molecule has 2 nitrogen and oxygen atoms in total. The van der Waals surface area contributed by atoms with Crippen LogP contribution in [0.3, 0.4) is 0 Å². The van der Waals surface area contributed by atoms with E-state index in [-0.39, 0.29) is 11.1 Å². The normalized spacial score (nSPS) is 13.3. The van der Waals surface area contributed by atoms with Crippen molar-refractivity contribution in [2.45, 2.75) is 19.1 Å². The van der Waals surface area contributed by atoms with Gasteiger partial charge in [-0.1, -0.05) is 6.07 Å². The molecule has 0 radical (unpaired) electrons. The van der Waals surface area contributed by atoms with Gasteiger partial charge in [0.2, 0.25) is 0 Å². The third-order valence-electron chi connectivity index (χ3n) is 2.10. The average Bonchev–Trinajstić information content (AvgIpc) is 2.16. The number of benzene rings is 1. The third kappa shape index (κ3) is 2.48. The number of hydrogen-bond acceptors (Lipinski definition) is 2. The van der Waals surface area contributed by atoms with Gasteiger partial charge in [-0.25, -0.2) is 0 Å². The van der Waals surface area contributed by atoms with Crippen LogP contribution in [-0.2, 0) is 0 Å². The second-order valence-electron chi connectivity index (χ2n) is 3.20. The van der Waals surface area contributed by atoms with E-state index in [4.69, 9.17) is 11.0 Å². The maximum atomic E-state index is 12.3. The van der Waals surface area contributed by atoms with Crippen LogP contribution in [0.1, 0.15) is 22.7 Å². The molecule has 1 rings (SSSR count). The van der Waals surface area contributed by atoms with E-state index in [0.29, 0.717) is 5.56 Å². The molecule has 0 aromatic heterocycles. The number of hydrogen-bond donors (Lipinski definition) is 1. The molecule has 2 N–H and O–H groups in total. The molecule has 0 heterocycles. The summed E-state index contributed by atoms with van der Waals surface area (Å²) in [6.45, 7) is 1.53. The monoisotopic (exact) mass is 214 g/mol. The molecule has 0 amide bonds. The molecule has 0 saturated carbocycles. The van der Waals surface area contributed by atoms with Gasteiger partial charge in [-0.05, 0) is 30.2 Å². The fourth-order valence-electron chi connectivity index (χ4n) is 1.22. The van der Waals surface area contributed by atoms with Crippen LogP contribution in [0, 0.1) is 18.3 Å². The van der Waals surface area contributed by atoms with Crippen LogP contribution in [0.2, 0.25) is 0 Å². The van der Waals surface area contributed by atoms with E-state index in [1.807, 2.05) is 0 Å². The molecule has 5 heteroatoms. The van der Waals surface area contributed by atoms with Crippen LogP contribution in [-0.4, -0.2) is 6.18 Å². The van der Waals surface area contributed by atoms with E-state index in [0.717, 1.165) is 0 Å². The number of aryl methyl sites for hydroxylation is 1. The minimum absolute atomic E-state index is 0.0541. The summed E-state index contributed by atoms with van der Waals surface area (Å²) in [6, 6.07) is 3.83. The second kappa shape index (κ2) is 3.91. The van der Waals surface area contributed by atoms with Gasteiger partial charge >= 0.3 is 6.18 Å². The summed E-state index contributed by atoms with van der Waals surface area (Å²) in [4.78, 5) is 0. The molecular formula is C10H9F3N2. The molecule has 0 aliphatic rings. The summed E-state index contributed by atoms with van der Waals surface area (Å²) in [5, 5.41) is 8.57. The van der Waals surface area contributed by atoms with Crippen molar-refractivity contribution in [2.75, 3.05) is 0 Å². The minimum atomic E-state index is -4.49. The highest BCUT2D eigenvalue weighted by molar-refractivity contribution is 5.39. The van der Waals surface area contributed by atoms with Gasteiger partial charge in [-0.3, -0.25) is 0 Å². The predicted molar refractivity (Wildman–Crippen MR) is 48.9 cm³/mol. The van der Waals surface area contributed by atoms with Crippen LogP contribution in [0.15, 0.2) is 18.2 Å². The lowest BCUT2D eigenvalue weighted by atomic mass is 9.99. The lowest BCUT2D eigenvalue weighted by molar-refractivity contribution is -0.149. The Hall–Kier alpha value is -1.54. The molecule has 0 fully saturated rings. The maximum Gasteiger partial charge on any atom is 0.407 e. The van der Waals surface area contributed by atoms with Crippen LogP contribution >= 0.6 is 0 Å². The molecule has 0 bridgehead atoms. The Labute approximate surface area is 85.1 Å². The zero-order valence-corrected chi connectivity index (χ0v) is 7.97. The molecule has 1 aromatic carbocycles. The van der Waals surface area contributed by atoms with Crippen molar-refractivity contribution >= 4 is 0 Å². The quantitative estimate of drug-likeness (QED) is 0.780. The zero-order valence-electron chi connectivity index (χ0n) is 7.97. The fourth-order valence-corrected chi connectivity index (χ4v) is 1.22. The van der Waals surface area contributed by atoms with Crippen LogP contribution in [0.25, 0.3) is 0 Å². The van der Waals surface area contributed by atoms with Crippen LogP contribution < -0.4 is 5.73 Å². The van der Waals surface area contributed by atoms with E-state index in [9.17, 15) is 13.2 Å². The summed E-state index contributed by atoms with van der Waals surface area (Å²) in [5.41, 5.74) is 5.61. The molecule has 0 spiro atoms.